The van der Waals surface area contributed by atoms with Gasteiger partial charge in [0.15, 0.2) is 5.78 Å². The van der Waals surface area contributed by atoms with E-state index in [4.69, 9.17) is 11.6 Å². The smallest absolute Gasteiger partial charge is 0.171 e. The lowest BCUT2D eigenvalue weighted by atomic mass is 10.3. The lowest BCUT2D eigenvalue weighted by Crippen LogP contribution is -1.85. The molecule has 2 aromatic heterocycles. The summed E-state index contributed by atoms with van der Waals surface area (Å²) in [5, 5.41) is 3.31. The second-order valence-electron chi connectivity index (χ2n) is 2.33. The molecule has 2 aromatic rings. The number of hydrogen-bond donors (Lipinski definition) is 0. The molecule has 0 fully saturated rings. The summed E-state index contributed by atoms with van der Waals surface area (Å²) in [7, 11) is 0. The molecule has 2 heterocycles. The van der Waals surface area contributed by atoms with E-state index in [0.29, 0.717) is 9.90 Å². The molecule has 0 saturated heterocycles. The minimum atomic E-state index is 0.00741. The van der Waals surface area contributed by atoms with Crippen LogP contribution in [0.4, 0.5) is 0 Å². The van der Waals surface area contributed by atoms with Gasteiger partial charge in [0.25, 0.3) is 0 Å². The van der Waals surface area contributed by atoms with Crippen molar-refractivity contribution in [3.05, 3.63) is 15.3 Å². The van der Waals surface area contributed by atoms with Crippen molar-refractivity contribution in [2.75, 3.05) is 0 Å². The van der Waals surface area contributed by atoms with E-state index in [9.17, 15) is 4.79 Å². The van der Waals surface area contributed by atoms with Crippen molar-refractivity contribution in [1.29, 1.82) is 0 Å². The van der Waals surface area contributed by atoms with Gasteiger partial charge in [-0.2, -0.15) is 4.37 Å². The van der Waals surface area contributed by atoms with E-state index in [0.717, 1.165) is 10.2 Å². The minimum Gasteiger partial charge on any atom is -0.294 e. The Morgan fingerprint density at radius 2 is 2.42 bits per heavy atom. The van der Waals surface area contributed by atoms with Crippen LogP contribution < -0.4 is 0 Å². The van der Waals surface area contributed by atoms with Gasteiger partial charge in [-0.1, -0.05) is 11.6 Å². The highest BCUT2D eigenvalue weighted by molar-refractivity contribution is 7.23. The molecule has 0 spiro atoms. The SMILES string of the molecule is CC(=O)c1sc2nscc2c1Cl. The van der Waals surface area contributed by atoms with E-state index in [1.165, 1.54) is 29.8 Å². The molecule has 0 atom stereocenters. The van der Waals surface area contributed by atoms with Crippen LogP contribution in [0, 0.1) is 0 Å². The Bertz CT molecular complexity index is 445. The molecule has 0 radical (unpaired) electrons. The fourth-order valence-corrected chi connectivity index (χ4v) is 3.19. The molecule has 2 rings (SSSR count). The zero-order valence-electron chi connectivity index (χ0n) is 6.13. The van der Waals surface area contributed by atoms with Crippen molar-refractivity contribution in [1.82, 2.24) is 4.37 Å². The van der Waals surface area contributed by atoms with Crippen molar-refractivity contribution in [2.45, 2.75) is 6.92 Å². The van der Waals surface area contributed by atoms with Crippen molar-refractivity contribution in [2.24, 2.45) is 0 Å². The molecular formula is C7H4ClNOS2. The molecule has 0 amide bonds. The third kappa shape index (κ3) is 1.07. The molecule has 0 aliphatic rings. The van der Waals surface area contributed by atoms with Gasteiger partial charge in [0.05, 0.1) is 9.90 Å². The number of hydrogen-bond acceptors (Lipinski definition) is 4. The Morgan fingerprint density at radius 1 is 1.67 bits per heavy atom. The lowest BCUT2D eigenvalue weighted by molar-refractivity contribution is 0.102. The monoisotopic (exact) mass is 217 g/mol. The number of halogens is 1. The summed E-state index contributed by atoms with van der Waals surface area (Å²) in [6, 6.07) is 0. The first-order valence-electron chi connectivity index (χ1n) is 3.23. The Hall–Kier alpha value is -0.450. The first-order chi connectivity index (χ1) is 5.70. The van der Waals surface area contributed by atoms with Gasteiger partial charge in [-0.05, 0) is 11.5 Å². The topological polar surface area (TPSA) is 30.0 Å². The third-order valence-corrected chi connectivity index (χ3v) is 3.94. The number of rotatable bonds is 1. The van der Waals surface area contributed by atoms with Crippen LogP contribution in [0.3, 0.4) is 0 Å². The largest absolute Gasteiger partial charge is 0.294 e. The predicted octanol–water partition coefficient (Wildman–Crippen LogP) is 3.21. The lowest BCUT2D eigenvalue weighted by Gasteiger charge is -1.86. The number of nitrogens with zero attached hydrogens (tertiary/aromatic N) is 1. The van der Waals surface area contributed by atoms with Gasteiger partial charge in [-0.15, -0.1) is 11.3 Å². The summed E-state index contributed by atoms with van der Waals surface area (Å²) >= 11 is 8.67. The van der Waals surface area contributed by atoms with Crippen LogP contribution in [-0.2, 0) is 0 Å². The number of thiophene rings is 1. The molecule has 5 heteroatoms. The van der Waals surface area contributed by atoms with E-state index in [1.54, 1.807) is 0 Å². The second kappa shape index (κ2) is 2.80. The van der Waals surface area contributed by atoms with E-state index in [2.05, 4.69) is 4.37 Å². The molecule has 0 unspecified atom stereocenters. The van der Waals surface area contributed by atoms with E-state index in [-0.39, 0.29) is 5.78 Å². The Labute approximate surface area is 81.9 Å². The van der Waals surface area contributed by atoms with Gasteiger partial charge in [-0.25, -0.2) is 0 Å². The third-order valence-electron chi connectivity index (χ3n) is 1.49. The summed E-state index contributed by atoms with van der Waals surface area (Å²) in [5.41, 5.74) is 0. The molecule has 2 nitrogen and oxygen atoms in total. The molecule has 62 valence electrons. The Balaban J connectivity index is 2.78. The molecule has 0 N–H and O–H groups in total. The fourth-order valence-electron chi connectivity index (χ4n) is 0.936. The molecule has 0 aliphatic heterocycles. The summed E-state index contributed by atoms with van der Waals surface area (Å²) < 4.78 is 4.11. The maximum atomic E-state index is 11.0. The standard InChI is InChI=1S/C7H4ClNOS2/c1-3(10)6-5(8)4-2-11-9-7(4)12-6/h2H,1H3. The molecule has 0 aromatic carbocycles. The zero-order valence-corrected chi connectivity index (χ0v) is 8.52. The maximum absolute atomic E-state index is 11.0. The van der Waals surface area contributed by atoms with E-state index >= 15 is 0 Å². The summed E-state index contributed by atoms with van der Waals surface area (Å²) in [6.45, 7) is 1.51. The summed E-state index contributed by atoms with van der Waals surface area (Å²) in [6.07, 6.45) is 0. The molecule has 0 saturated carbocycles. The van der Waals surface area contributed by atoms with Gasteiger partial charge in [-0.3, -0.25) is 4.79 Å². The van der Waals surface area contributed by atoms with Crippen LogP contribution in [0.15, 0.2) is 5.38 Å². The van der Waals surface area contributed by atoms with Gasteiger partial charge >= 0.3 is 0 Å². The van der Waals surface area contributed by atoms with Crippen LogP contribution in [0.25, 0.3) is 10.2 Å². The van der Waals surface area contributed by atoms with Crippen molar-refractivity contribution in [3.63, 3.8) is 0 Å². The van der Waals surface area contributed by atoms with Gasteiger partial charge in [0.1, 0.15) is 4.83 Å². The fraction of sp³-hybridized carbons (Fsp3) is 0.143. The number of carbonyl (C=O) groups excluding carboxylic acids is 1. The molecule has 0 bridgehead atoms. The number of fused-ring (bicyclic) bond motifs is 1. The first kappa shape index (κ1) is 8.16. The number of aromatic nitrogens is 1. The van der Waals surface area contributed by atoms with Crippen LogP contribution in [0.1, 0.15) is 16.6 Å². The highest BCUT2D eigenvalue weighted by Gasteiger charge is 2.14. The van der Waals surface area contributed by atoms with Crippen LogP contribution >= 0.6 is 34.5 Å². The maximum Gasteiger partial charge on any atom is 0.171 e. The average molecular weight is 218 g/mol. The Kier molecular flexibility index (Phi) is 1.90. The van der Waals surface area contributed by atoms with Crippen molar-refractivity contribution < 1.29 is 4.79 Å². The highest BCUT2D eigenvalue weighted by Crippen LogP contribution is 2.35. The van der Waals surface area contributed by atoms with Gasteiger partial charge in [0.2, 0.25) is 0 Å². The predicted molar refractivity (Wildman–Crippen MR) is 52.5 cm³/mol. The quantitative estimate of drug-likeness (QED) is 0.687. The van der Waals surface area contributed by atoms with Crippen LogP contribution in [-0.4, -0.2) is 10.2 Å². The zero-order chi connectivity index (χ0) is 8.72. The van der Waals surface area contributed by atoms with Crippen molar-refractivity contribution in [3.8, 4) is 0 Å². The van der Waals surface area contributed by atoms with Gasteiger partial charge < -0.3 is 0 Å². The summed E-state index contributed by atoms with van der Waals surface area (Å²) in [4.78, 5) is 12.5. The summed E-state index contributed by atoms with van der Waals surface area (Å²) in [5.74, 6) is 0.00741. The number of carbonyl (C=O) groups is 1. The highest BCUT2D eigenvalue weighted by atomic mass is 35.5. The minimum absolute atomic E-state index is 0.00741. The van der Waals surface area contributed by atoms with Crippen molar-refractivity contribution >= 4 is 50.5 Å². The molecule has 0 aliphatic carbocycles. The van der Waals surface area contributed by atoms with E-state index in [1.807, 2.05) is 5.38 Å². The van der Waals surface area contributed by atoms with Crippen LogP contribution in [0.2, 0.25) is 5.02 Å². The number of Topliss-reactive ketones (excluding diaryl/α,β-unsaturated/α-hetero) is 1. The first-order valence-corrected chi connectivity index (χ1v) is 5.26. The average Bonchev–Trinajstić information content (AvgIpc) is 2.53. The molecule has 12 heavy (non-hydrogen) atoms. The molecular weight excluding hydrogens is 214 g/mol. The van der Waals surface area contributed by atoms with Crippen LogP contribution in [0.5, 0.6) is 0 Å². The normalized spacial score (nSPS) is 10.8. The number of ketones is 1. The van der Waals surface area contributed by atoms with Gasteiger partial charge in [0, 0.05) is 17.7 Å². The Morgan fingerprint density at radius 3 is 3.00 bits per heavy atom. The second-order valence-corrected chi connectivity index (χ2v) is 4.34. The van der Waals surface area contributed by atoms with E-state index < -0.39 is 0 Å².